The Morgan fingerprint density at radius 2 is 2.12 bits per heavy atom. The van der Waals surface area contributed by atoms with Crippen molar-refractivity contribution in [3.8, 4) is 0 Å². The van der Waals surface area contributed by atoms with Crippen LogP contribution in [0.5, 0.6) is 0 Å². The van der Waals surface area contributed by atoms with Crippen LogP contribution in [0.4, 0.5) is 4.39 Å². The van der Waals surface area contributed by atoms with Gasteiger partial charge in [0.2, 0.25) is 0 Å². The number of hydrogen-bond donors (Lipinski definition) is 2. The summed E-state index contributed by atoms with van der Waals surface area (Å²) in [7, 11) is 5.73. The SMILES string of the molecule is [B]c1c[nH]c(=O)c2c1[nH]c1ccc(F)cc12. The van der Waals surface area contributed by atoms with Gasteiger partial charge in [-0.25, -0.2) is 4.39 Å². The lowest BCUT2D eigenvalue weighted by atomic mass is 9.96. The van der Waals surface area contributed by atoms with Gasteiger partial charge in [0.05, 0.1) is 5.39 Å². The average molecular weight is 212 g/mol. The molecule has 16 heavy (non-hydrogen) atoms. The number of fused-ring (bicyclic) bond motifs is 3. The molecular formula is C11H6BFN2O. The van der Waals surface area contributed by atoms with Crippen LogP contribution in [0.15, 0.2) is 29.2 Å². The van der Waals surface area contributed by atoms with Crippen LogP contribution < -0.4 is 11.0 Å². The second-order valence-corrected chi connectivity index (χ2v) is 3.64. The van der Waals surface area contributed by atoms with Crippen LogP contribution in [0.25, 0.3) is 21.8 Å². The third-order valence-corrected chi connectivity index (χ3v) is 2.64. The highest BCUT2D eigenvalue weighted by Gasteiger charge is 2.09. The summed E-state index contributed by atoms with van der Waals surface area (Å²) < 4.78 is 13.1. The summed E-state index contributed by atoms with van der Waals surface area (Å²) in [6, 6.07) is 4.24. The number of pyridine rings is 1. The molecule has 0 unspecified atom stereocenters. The van der Waals surface area contributed by atoms with Crippen LogP contribution in [-0.2, 0) is 0 Å². The van der Waals surface area contributed by atoms with Gasteiger partial charge in [0, 0.05) is 16.4 Å². The van der Waals surface area contributed by atoms with Gasteiger partial charge in [-0.3, -0.25) is 4.79 Å². The summed E-state index contributed by atoms with van der Waals surface area (Å²) >= 11 is 0. The molecular weight excluding hydrogens is 206 g/mol. The zero-order chi connectivity index (χ0) is 11.3. The Labute approximate surface area is 90.7 Å². The molecule has 2 aromatic heterocycles. The first-order chi connectivity index (χ1) is 7.66. The van der Waals surface area contributed by atoms with Gasteiger partial charge in [0.25, 0.3) is 5.56 Å². The summed E-state index contributed by atoms with van der Waals surface area (Å²) in [5, 5.41) is 0.943. The monoisotopic (exact) mass is 212 g/mol. The molecule has 0 saturated carbocycles. The molecule has 0 bridgehead atoms. The minimum Gasteiger partial charge on any atom is -0.355 e. The fourth-order valence-electron chi connectivity index (χ4n) is 1.90. The van der Waals surface area contributed by atoms with Crippen molar-refractivity contribution in [3.05, 3.63) is 40.6 Å². The van der Waals surface area contributed by atoms with Crippen molar-refractivity contribution in [2.75, 3.05) is 0 Å². The van der Waals surface area contributed by atoms with Crippen molar-refractivity contribution in [2.24, 2.45) is 0 Å². The summed E-state index contributed by atoms with van der Waals surface area (Å²) in [6.45, 7) is 0. The Morgan fingerprint density at radius 3 is 2.94 bits per heavy atom. The van der Waals surface area contributed by atoms with E-state index in [-0.39, 0.29) is 11.4 Å². The quantitative estimate of drug-likeness (QED) is 0.535. The van der Waals surface area contributed by atoms with E-state index in [0.29, 0.717) is 27.3 Å². The van der Waals surface area contributed by atoms with E-state index in [1.54, 1.807) is 6.07 Å². The molecule has 0 saturated heterocycles. The highest BCUT2D eigenvalue weighted by molar-refractivity contribution is 6.39. The maximum absolute atomic E-state index is 13.1. The highest BCUT2D eigenvalue weighted by atomic mass is 19.1. The van der Waals surface area contributed by atoms with E-state index in [0.717, 1.165) is 0 Å². The lowest BCUT2D eigenvalue weighted by Crippen LogP contribution is -2.14. The van der Waals surface area contributed by atoms with Crippen LogP contribution in [0.3, 0.4) is 0 Å². The fraction of sp³-hybridized carbons (Fsp3) is 0. The largest absolute Gasteiger partial charge is 0.355 e. The first-order valence-electron chi connectivity index (χ1n) is 4.75. The number of nitrogens with one attached hydrogen (secondary N) is 2. The summed E-state index contributed by atoms with van der Waals surface area (Å²) in [5.41, 5.74) is 1.40. The molecule has 0 aliphatic heterocycles. The van der Waals surface area contributed by atoms with Crippen LogP contribution in [0.1, 0.15) is 0 Å². The van der Waals surface area contributed by atoms with Crippen molar-refractivity contribution < 1.29 is 4.39 Å². The second-order valence-electron chi connectivity index (χ2n) is 3.64. The van der Waals surface area contributed by atoms with Crippen molar-refractivity contribution in [3.63, 3.8) is 0 Å². The van der Waals surface area contributed by atoms with Crippen molar-refractivity contribution in [1.29, 1.82) is 0 Å². The van der Waals surface area contributed by atoms with E-state index >= 15 is 0 Å². The molecule has 0 atom stereocenters. The minimum atomic E-state index is -0.379. The molecule has 0 spiro atoms. The second kappa shape index (κ2) is 2.98. The molecule has 76 valence electrons. The average Bonchev–Trinajstić information content (AvgIpc) is 2.63. The molecule has 0 amide bonds. The Morgan fingerprint density at radius 1 is 1.31 bits per heavy atom. The van der Waals surface area contributed by atoms with Crippen LogP contribution in [0.2, 0.25) is 0 Å². The maximum atomic E-state index is 13.1. The van der Waals surface area contributed by atoms with Gasteiger partial charge in [-0.2, -0.15) is 0 Å². The molecule has 3 rings (SSSR count). The van der Waals surface area contributed by atoms with E-state index in [2.05, 4.69) is 9.97 Å². The molecule has 5 heteroatoms. The number of benzene rings is 1. The molecule has 3 nitrogen and oxygen atoms in total. The number of aromatic nitrogens is 2. The predicted molar refractivity (Wildman–Crippen MR) is 61.8 cm³/mol. The van der Waals surface area contributed by atoms with E-state index in [9.17, 15) is 9.18 Å². The molecule has 0 aliphatic rings. The predicted octanol–water partition coefficient (Wildman–Crippen LogP) is 0.942. The van der Waals surface area contributed by atoms with Crippen LogP contribution >= 0.6 is 0 Å². The van der Waals surface area contributed by atoms with Crippen LogP contribution in [0, 0.1) is 5.82 Å². The first kappa shape index (κ1) is 9.21. The fourth-order valence-corrected chi connectivity index (χ4v) is 1.90. The number of rotatable bonds is 0. The summed E-state index contributed by atoms with van der Waals surface area (Å²) in [5.74, 6) is -0.379. The Bertz CT molecular complexity index is 760. The van der Waals surface area contributed by atoms with Crippen LogP contribution in [-0.4, -0.2) is 17.8 Å². The lowest BCUT2D eigenvalue weighted by Gasteiger charge is -1.94. The zero-order valence-corrected chi connectivity index (χ0v) is 8.17. The minimum absolute atomic E-state index is 0.277. The van der Waals surface area contributed by atoms with Gasteiger partial charge in [-0.05, 0) is 24.4 Å². The lowest BCUT2D eigenvalue weighted by molar-refractivity contribution is 0.630. The maximum Gasteiger partial charge on any atom is 0.257 e. The van der Waals surface area contributed by atoms with E-state index in [4.69, 9.17) is 7.85 Å². The van der Waals surface area contributed by atoms with Crippen molar-refractivity contribution in [1.82, 2.24) is 9.97 Å². The first-order valence-corrected chi connectivity index (χ1v) is 4.75. The van der Waals surface area contributed by atoms with Gasteiger partial charge in [-0.1, -0.05) is 5.46 Å². The van der Waals surface area contributed by atoms with Crippen molar-refractivity contribution in [2.45, 2.75) is 0 Å². The van der Waals surface area contributed by atoms with Crippen molar-refractivity contribution >= 4 is 35.1 Å². The summed E-state index contributed by atoms with van der Waals surface area (Å²) in [6.07, 6.45) is 1.43. The molecule has 1 aromatic carbocycles. The smallest absolute Gasteiger partial charge is 0.257 e. The molecule has 2 N–H and O–H groups in total. The van der Waals surface area contributed by atoms with Gasteiger partial charge < -0.3 is 9.97 Å². The summed E-state index contributed by atoms with van der Waals surface area (Å²) in [4.78, 5) is 17.2. The molecule has 0 aliphatic carbocycles. The standard InChI is InChI=1S/C11H6BFN2O/c12-7-4-14-11(16)9-6-3-5(13)1-2-8(6)15-10(7)9/h1-4,15H,(H,14,16). The Hall–Kier alpha value is -2.04. The van der Waals surface area contributed by atoms with E-state index in [1.165, 1.54) is 18.3 Å². The van der Waals surface area contributed by atoms with Gasteiger partial charge in [0.15, 0.2) is 0 Å². The van der Waals surface area contributed by atoms with E-state index < -0.39 is 0 Å². The third-order valence-electron chi connectivity index (χ3n) is 2.64. The number of aromatic amines is 2. The zero-order valence-electron chi connectivity index (χ0n) is 8.17. The number of halogens is 1. The van der Waals surface area contributed by atoms with Gasteiger partial charge >= 0.3 is 0 Å². The number of hydrogen-bond acceptors (Lipinski definition) is 1. The normalized spacial score (nSPS) is 11.3. The molecule has 2 heterocycles. The molecule has 2 radical (unpaired) electrons. The van der Waals surface area contributed by atoms with E-state index in [1.807, 2.05) is 0 Å². The Balaban J connectivity index is 2.68. The van der Waals surface area contributed by atoms with Gasteiger partial charge in [0.1, 0.15) is 13.7 Å². The number of H-pyrrole nitrogens is 2. The third kappa shape index (κ3) is 1.11. The Kier molecular flexibility index (Phi) is 1.71. The molecule has 3 aromatic rings. The molecule has 0 fully saturated rings. The highest BCUT2D eigenvalue weighted by Crippen LogP contribution is 2.21. The van der Waals surface area contributed by atoms with Gasteiger partial charge in [-0.15, -0.1) is 0 Å². The topological polar surface area (TPSA) is 48.6 Å².